The van der Waals surface area contributed by atoms with Crippen LogP contribution in [0.1, 0.15) is 13.3 Å². The summed E-state index contributed by atoms with van der Waals surface area (Å²) in [4.78, 5) is 54.8. The second-order valence-electron chi connectivity index (χ2n) is 9.99. The van der Waals surface area contributed by atoms with E-state index in [1.165, 1.54) is 18.4 Å². The number of hydrogen-bond acceptors (Lipinski definition) is 11. The van der Waals surface area contributed by atoms with Crippen molar-refractivity contribution in [2.24, 2.45) is 17.6 Å². The number of fused-ring (bicyclic) bond motifs is 1. The second-order valence-corrected chi connectivity index (χ2v) is 9.99. The quantitative estimate of drug-likeness (QED) is 0.268. The zero-order chi connectivity index (χ0) is 28.1. The fourth-order valence-corrected chi connectivity index (χ4v) is 4.32. The first-order valence-electron chi connectivity index (χ1n) is 12.7. The molecule has 1 saturated heterocycles. The van der Waals surface area contributed by atoms with Crippen molar-refractivity contribution < 1.29 is 19.1 Å². The Morgan fingerprint density at radius 2 is 1.90 bits per heavy atom. The van der Waals surface area contributed by atoms with E-state index in [0.29, 0.717) is 17.2 Å². The van der Waals surface area contributed by atoms with Gasteiger partial charge in [0.05, 0.1) is 24.6 Å². The third-order valence-corrected chi connectivity index (χ3v) is 6.67. The highest BCUT2D eigenvalue weighted by Crippen LogP contribution is 2.45. The van der Waals surface area contributed by atoms with Crippen LogP contribution in [-0.2, 0) is 19.1 Å². The molecule has 13 nitrogen and oxygen atoms in total. The van der Waals surface area contributed by atoms with E-state index in [1.54, 1.807) is 51.6 Å². The number of piperidine rings is 1. The number of methoxy groups -OCH3 is 1. The lowest BCUT2D eigenvalue weighted by molar-refractivity contribution is -0.125. The monoisotopic (exact) mass is 537 g/mol. The van der Waals surface area contributed by atoms with Crippen molar-refractivity contribution in [3.63, 3.8) is 0 Å². The number of carbonyl (C=O) groups excluding carboxylic acids is 3. The van der Waals surface area contributed by atoms with E-state index >= 15 is 0 Å². The number of anilines is 2. The standard InChI is InChI=1S/C26H35N9O4/c1-15(31-23(24(27)34(2)3)26(38)30-9-18(36)14-39-4)25(37)33-21-7-5-6-19(32-21)20-10-29-22(11-28-20)35-12-16-8-17(16)13-35/h5-7,10-11,15-17,31H,8-9,12-14,27H2,1-4H3,(H,30,38)(H,32,33,37)/b24-23+/t15-,16?,17?/m0/s1. The molecule has 3 heterocycles. The maximum absolute atomic E-state index is 13.0. The molecule has 4 rings (SSSR count). The van der Waals surface area contributed by atoms with Gasteiger partial charge in [0, 0.05) is 34.3 Å². The minimum Gasteiger partial charge on any atom is -0.383 e. The molecule has 2 aromatic rings. The molecule has 0 bridgehead atoms. The largest absolute Gasteiger partial charge is 0.383 e. The molecule has 1 saturated carbocycles. The van der Waals surface area contributed by atoms with Gasteiger partial charge in [-0.1, -0.05) is 6.07 Å². The second kappa shape index (κ2) is 12.1. The average molecular weight is 538 g/mol. The first-order chi connectivity index (χ1) is 18.7. The van der Waals surface area contributed by atoms with Crippen LogP contribution >= 0.6 is 0 Å². The molecular weight excluding hydrogens is 502 g/mol. The molecule has 3 atom stereocenters. The third-order valence-electron chi connectivity index (χ3n) is 6.67. The van der Waals surface area contributed by atoms with Crippen molar-refractivity contribution in [1.82, 2.24) is 30.5 Å². The van der Waals surface area contributed by atoms with Crippen LogP contribution in [0.4, 0.5) is 11.6 Å². The molecular formula is C26H35N9O4. The molecule has 2 unspecified atom stereocenters. The number of nitrogens with zero attached hydrogens (tertiary/aromatic N) is 5. The minimum atomic E-state index is -0.866. The summed E-state index contributed by atoms with van der Waals surface area (Å²) in [6.07, 6.45) is 4.77. The summed E-state index contributed by atoms with van der Waals surface area (Å²) in [5.74, 6) is 1.50. The Balaban J connectivity index is 1.38. The van der Waals surface area contributed by atoms with Crippen LogP contribution in [0.3, 0.4) is 0 Å². The number of ether oxygens (including phenoxy) is 1. The Morgan fingerprint density at radius 3 is 2.54 bits per heavy atom. The number of rotatable bonds is 12. The molecule has 13 heteroatoms. The highest BCUT2D eigenvalue weighted by Gasteiger charge is 2.45. The van der Waals surface area contributed by atoms with E-state index in [9.17, 15) is 14.4 Å². The SMILES string of the molecule is COCC(=O)CNC(=O)/C(N[C@@H](C)C(=O)Nc1cccc(-c2cnc(N3CC4CC4C3)cn2)n1)=C(/N)N(C)C. The van der Waals surface area contributed by atoms with Crippen molar-refractivity contribution in [3.8, 4) is 11.4 Å². The topological polar surface area (TPSA) is 168 Å². The molecule has 2 aromatic heterocycles. The summed E-state index contributed by atoms with van der Waals surface area (Å²) in [6.45, 7) is 3.29. The Bertz CT molecular complexity index is 1240. The van der Waals surface area contributed by atoms with Crippen molar-refractivity contribution in [3.05, 3.63) is 42.1 Å². The zero-order valence-corrected chi connectivity index (χ0v) is 22.6. The molecule has 0 aromatic carbocycles. The average Bonchev–Trinajstić information content (AvgIpc) is 3.54. The number of carbonyl (C=O) groups is 3. The zero-order valence-electron chi connectivity index (χ0n) is 22.6. The van der Waals surface area contributed by atoms with Crippen LogP contribution in [0.2, 0.25) is 0 Å². The number of nitrogens with two attached hydrogens (primary N) is 1. The smallest absolute Gasteiger partial charge is 0.271 e. The van der Waals surface area contributed by atoms with Crippen molar-refractivity contribution in [1.29, 1.82) is 0 Å². The highest BCUT2D eigenvalue weighted by molar-refractivity contribution is 5.99. The maximum atomic E-state index is 13.0. The number of pyridine rings is 1. The summed E-state index contributed by atoms with van der Waals surface area (Å²) in [5.41, 5.74) is 7.20. The molecule has 2 aliphatic rings. The first-order valence-corrected chi connectivity index (χ1v) is 12.7. The number of nitrogens with one attached hydrogen (secondary N) is 3. The van der Waals surface area contributed by atoms with Crippen molar-refractivity contribution in [2.75, 3.05) is 57.7 Å². The number of amides is 2. The third kappa shape index (κ3) is 6.99. The lowest BCUT2D eigenvalue weighted by Gasteiger charge is -2.22. The van der Waals surface area contributed by atoms with Crippen LogP contribution in [0.5, 0.6) is 0 Å². The van der Waals surface area contributed by atoms with E-state index in [1.807, 2.05) is 0 Å². The number of hydrogen-bond donors (Lipinski definition) is 4. The van der Waals surface area contributed by atoms with Gasteiger partial charge in [-0.3, -0.25) is 14.4 Å². The Labute approximate surface area is 227 Å². The van der Waals surface area contributed by atoms with Gasteiger partial charge in [-0.2, -0.15) is 0 Å². The summed E-state index contributed by atoms with van der Waals surface area (Å²) in [6, 6.07) is 4.35. The molecule has 39 heavy (non-hydrogen) atoms. The molecule has 1 aliphatic heterocycles. The number of aromatic nitrogens is 3. The van der Waals surface area contributed by atoms with E-state index in [2.05, 4.69) is 35.8 Å². The van der Waals surface area contributed by atoms with Gasteiger partial charge >= 0.3 is 0 Å². The fourth-order valence-electron chi connectivity index (χ4n) is 4.32. The van der Waals surface area contributed by atoms with Gasteiger partial charge in [0.2, 0.25) is 5.91 Å². The molecule has 208 valence electrons. The van der Waals surface area contributed by atoms with Crippen LogP contribution in [0.15, 0.2) is 42.1 Å². The molecule has 0 radical (unpaired) electrons. The Morgan fingerprint density at radius 1 is 1.15 bits per heavy atom. The fraction of sp³-hybridized carbons (Fsp3) is 0.462. The first kappa shape index (κ1) is 27.8. The van der Waals surface area contributed by atoms with Gasteiger partial charge in [0.25, 0.3) is 5.91 Å². The van der Waals surface area contributed by atoms with E-state index in [-0.39, 0.29) is 30.5 Å². The van der Waals surface area contributed by atoms with Gasteiger partial charge in [-0.25, -0.2) is 15.0 Å². The van der Waals surface area contributed by atoms with Gasteiger partial charge in [-0.15, -0.1) is 0 Å². The van der Waals surface area contributed by atoms with Crippen LogP contribution in [-0.4, -0.2) is 90.9 Å². The normalized spacial score (nSPS) is 18.9. The lowest BCUT2D eigenvalue weighted by atomic mass is 10.2. The van der Waals surface area contributed by atoms with E-state index in [0.717, 1.165) is 30.7 Å². The van der Waals surface area contributed by atoms with Crippen LogP contribution in [0, 0.1) is 11.8 Å². The van der Waals surface area contributed by atoms with E-state index in [4.69, 9.17) is 10.5 Å². The van der Waals surface area contributed by atoms with Gasteiger partial charge in [0.1, 0.15) is 41.5 Å². The predicted molar refractivity (Wildman–Crippen MR) is 145 cm³/mol. The molecule has 2 fully saturated rings. The summed E-state index contributed by atoms with van der Waals surface area (Å²) in [5, 5.41) is 8.09. The number of ketones is 1. The van der Waals surface area contributed by atoms with Crippen LogP contribution < -0.4 is 26.6 Å². The Kier molecular flexibility index (Phi) is 8.59. The van der Waals surface area contributed by atoms with Gasteiger partial charge < -0.3 is 36.2 Å². The van der Waals surface area contributed by atoms with Crippen LogP contribution in [0.25, 0.3) is 11.4 Å². The van der Waals surface area contributed by atoms with E-state index < -0.39 is 17.9 Å². The highest BCUT2D eigenvalue weighted by atomic mass is 16.5. The van der Waals surface area contributed by atoms with Gasteiger partial charge in [-0.05, 0) is 37.3 Å². The molecule has 5 N–H and O–H groups in total. The Hall–Kier alpha value is -4.26. The molecule has 2 amide bonds. The van der Waals surface area contributed by atoms with Crippen molar-refractivity contribution in [2.45, 2.75) is 19.4 Å². The molecule has 0 spiro atoms. The molecule has 1 aliphatic carbocycles. The van der Waals surface area contributed by atoms with Crippen molar-refractivity contribution >= 4 is 29.2 Å². The van der Waals surface area contributed by atoms with Gasteiger partial charge in [0.15, 0.2) is 5.78 Å². The maximum Gasteiger partial charge on any atom is 0.271 e. The minimum absolute atomic E-state index is 0.0414. The number of Topliss-reactive ketones (excluding diaryl/α,β-unsaturated/α-hetero) is 1. The lowest BCUT2D eigenvalue weighted by Crippen LogP contribution is -2.45. The predicted octanol–water partition coefficient (Wildman–Crippen LogP) is -0.0676. The summed E-state index contributed by atoms with van der Waals surface area (Å²) in [7, 11) is 4.70. The summed E-state index contributed by atoms with van der Waals surface area (Å²) >= 11 is 0. The summed E-state index contributed by atoms with van der Waals surface area (Å²) < 4.78 is 4.77.